The Hall–Kier alpha value is -1.61. The summed E-state index contributed by atoms with van der Waals surface area (Å²) in [6.45, 7) is 12.7. The van der Waals surface area contributed by atoms with Crippen LogP contribution in [0.15, 0.2) is 24.3 Å². The number of nitrogens with one attached hydrogen (secondary N) is 1. The molecule has 0 spiro atoms. The highest BCUT2D eigenvalue weighted by Crippen LogP contribution is 2.27. The smallest absolute Gasteiger partial charge is 0.0674 e. The van der Waals surface area contributed by atoms with Crippen LogP contribution in [0.25, 0.3) is 11.1 Å². The van der Waals surface area contributed by atoms with Crippen LogP contribution in [0.5, 0.6) is 0 Å². The summed E-state index contributed by atoms with van der Waals surface area (Å²) in [4.78, 5) is 0. The van der Waals surface area contributed by atoms with E-state index in [0.29, 0.717) is 6.04 Å². The second-order valence-corrected chi connectivity index (χ2v) is 6.00. The second kappa shape index (κ2) is 6.90. The molecule has 0 aliphatic heterocycles. The first-order chi connectivity index (χ1) is 10.0. The van der Waals surface area contributed by atoms with Gasteiger partial charge in [0, 0.05) is 30.4 Å². The van der Waals surface area contributed by atoms with Gasteiger partial charge in [-0.25, -0.2) is 0 Å². The fourth-order valence-corrected chi connectivity index (χ4v) is 2.70. The van der Waals surface area contributed by atoms with Gasteiger partial charge >= 0.3 is 0 Å². The summed E-state index contributed by atoms with van der Waals surface area (Å²) in [7, 11) is 0. The van der Waals surface area contributed by atoms with Crippen molar-refractivity contribution in [1.82, 2.24) is 15.1 Å². The normalized spacial score (nSPS) is 11.3. The molecule has 0 aliphatic carbocycles. The van der Waals surface area contributed by atoms with Crippen molar-refractivity contribution in [3.05, 3.63) is 41.2 Å². The third-order valence-corrected chi connectivity index (χ3v) is 3.75. The molecule has 0 fully saturated rings. The highest BCUT2D eigenvalue weighted by atomic mass is 15.3. The first kappa shape index (κ1) is 15.8. The van der Waals surface area contributed by atoms with Gasteiger partial charge in [-0.05, 0) is 37.5 Å². The fraction of sp³-hybridized carbons (Fsp3) is 0.500. The average molecular weight is 285 g/mol. The summed E-state index contributed by atoms with van der Waals surface area (Å²) in [5.41, 5.74) is 6.27. The molecule has 0 amide bonds. The van der Waals surface area contributed by atoms with E-state index < -0.39 is 0 Å². The first-order valence-electron chi connectivity index (χ1n) is 7.89. The van der Waals surface area contributed by atoms with E-state index in [1.54, 1.807) is 0 Å². The van der Waals surface area contributed by atoms with Gasteiger partial charge in [-0.1, -0.05) is 39.0 Å². The molecule has 1 aromatic carbocycles. The summed E-state index contributed by atoms with van der Waals surface area (Å²) in [6, 6.07) is 9.29. The Labute approximate surface area is 128 Å². The van der Waals surface area contributed by atoms with Crippen molar-refractivity contribution in [1.29, 1.82) is 0 Å². The van der Waals surface area contributed by atoms with Crippen LogP contribution in [0.3, 0.4) is 0 Å². The molecule has 114 valence electrons. The van der Waals surface area contributed by atoms with Crippen molar-refractivity contribution < 1.29 is 0 Å². The monoisotopic (exact) mass is 285 g/mol. The second-order valence-electron chi connectivity index (χ2n) is 6.00. The molecule has 21 heavy (non-hydrogen) atoms. The van der Waals surface area contributed by atoms with E-state index in [1.807, 2.05) is 0 Å². The number of hydrogen-bond donors (Lipinski definition) is 1. The average Bonchev–Trinajstić information content (AvgIpc) is 2.72. The predicted molar refractivity (Wildman–Crippen MR) is 89.4 cm³/mol. The van der Waals surface area contributed by atoms with Crippen molar-refractivity contribution in [2.24, 2.45) is 0 Å². The molecule has 1 heterocycles. The standard InChI is InChI=1S/C18H27N3/c1-6-10-21-15(5)18(14(4)20-21)17-9-7-8-16(11-17)12-19-13(2)3/h7-9,11,13,19H,6,10,12H2,1-5H3. The molecule has 0 aliphatic rings. The lowest BCUT2D eigenvalue weighted by Crippen LogP contribution is -2.21. The lowest BCUT2D eigenvalue weighted by atomic mass is 10.0. The van der Waals surface area contributed by atoms with Crippen LogP contribution in [-0.4, -0.2) is 15.8 Å². The Morgan fingerprint density at radius 3 is 2.67 bits per heavy atom. The van der Waals surface area contributed by atoms with Gasteiger partial charge in [0.15, 0.2) is 0 Å². The molecular formula is C18H27N3. The van der Waals surface area contributed by atoms with E-state index in [0.717, 1.165) is 25.2 Å². The van der Waals surface area contributed by atoms with Crippen molar-refractivity contribution in [2.75, 3.05) is 0 Å². The number of nitrogens with zero attached hydrogens (tertiary/aromatic N) is 2. The van der Waals surface area contributed by atoms with E-state index in [9.17, 15) is 0 Å². The van der Waals surface area contributed by atoms with Gasteiger partial charge in [0.25, 0.3) is 0 Å². The minimum absolute atomic E-state index is 0.504. The number of hydrogen-bond acceptors (Lipinski definition) is 2. The largest absolute Gasteiger partial charge is 0.310 e. The number of benzene rings is 1. The summed E-state index contributed by atoms with van der Waals surface area (Å²) in [5, 5.41) is 8.16. The van der Waals surface area contributed by atoms with E-state index in [2.05, 4.69) is 74.0 Å². The van der Waals surface area contributed by atoms with Gasteiger partial charge in [-0.3, -0.25) is 4.68 Å². The zero-order valence-electron chi connectivity index (χ0n) is 13.9. The molecule has 2 rings (SSSR count). The Morgan fingerprint density at radius 2 is 2.00 bits per heavy atom. The van der Waals surface area contributed by atoms with Crippen molar-refractivity contribution >= 4 is 0 Å². The molecule has 2 aromatic rings. The molecule has 1 N–H and O–H groups in total. The molecule has 0 radical (unpaired) electrons. The van der Waals surface area contributed by atoms with Crippen molar-refractivity contribution in [3.63, 3.8) is 0 Å². The first-order valence-corrected chi connectivity index (χ1v) is 7.89. The lowest BCUT2D eigenvalue weighted by Gasteiger charge is -2.10. The lowest BCUT2D eigenvalue weighted by molar-refractivity contribution is 0.583. The zero-order chi connectivity index (χ0) is 15.4. The Balaban J connectivity index is 2.31. The number of rotatable bonds is 6. The fourth-order valence-electron chi connectivity index (χ4n) is 2.70. The highest BCUT2D eigenvalue weighted by molar-refractivity contribution is 5.69. The van der Waals surface area contributed by atoms with Crippen LogP contribution in [0, 0.1) is 13.8 Å². The molecule has 0 bridgehead atoms. The molecule has 0 saturated carbocycles. The van der Waals surface area contributed by atoms with E-state index in [-0.39, 0.29) is 0 Å². The van der Waals surface area contributed by atoms with Crippen LogP contribution >= 0.6 is 0 Å². The summed E-state index contributed by atoms with van der Waals surface area (Å²) >= 11 is 0. The van der Waals surface area contributed by atoms with Gasteiger partial charge in [0.1, 0.15) is 0 Å². The predicted octanol–water partition coefficient (Wildman–Crippen LogP) is 4.07. The highest BCUT2D eigenvalue weighted by Gasteiger charge is 2.13. The van der Waals surface area contributed by atoms with E-state index in [1.165, 1.54) is 22.4 Å². The van der Waals surface area contributed by atoms with Gasteiger partial charge < -0.3 is 5.32 Å². The molecular weight excluding hydrogens is 258 g/mol. The molecule has 0 saturated heterocycles. The van der Waals surface area contributed by atoms with E-state index in [4.69, 9.17) is 0 Å². The zero-order valence-corrected chi connectivity index (χ0v) is 13.9. The third kappa shape index (κ3) is 3.73. The molecule has 0 unspecified atom stereocenters. The molecule has 3 nitrogen and oxygen atoms in total. The maximum atomic E-state index is 4.68. The maximum absolute atomic E-state index is 4.68. The van der Waals surface area contributed by atoms with Crippen LogP contribution in [-0.2, 0) is 13.1 Å². The summed E-state index contributed by atoms with van der Waals surface area (Å²) < 4.78 is 2.13. The minimum Gasteiger partial charge on any atom is -0.310 e. The van der Waals surface area contributed by atoms with Gasteiger partial charge in [-0.15, -0.1) is 0 Å². The van der Waals surface area contributed by atoms with Crippen LogP contribution in [0.2, 0.25) is 0 Å². The van der Waals surface area contributed by atoms with E-state index >= 15 is 0 Å². The van der Waals surface area contributed by atoms with Gasteiger partial charge in [0.2, 0.25) is 0 Å². The van der Waals surface area contributed by atoms with Crippen molar-refractivity contribution in [2.45, 2.75) is 60.2 Å². The summed E-state index contributed by atoms with van der Waals surface area (Å²) in [6.07, 6.45) is 1.11. The molecule has 3 heteroatoms. The Kier molecular flexibility index (Phi) is 5.18. The quantitative estimate of drug-likeness (QED) is 0.867. The Morgan fingerprint density at radius 1 is 1.24 bits per heavy atom. The summed E-state index contributed by atoms with van der Waals surface area (Å²) in [5.74, 6) is 0. The third-order valence-electron chi connectivity index (χ3n) is 3.75. The van der Waals surface area contributed by atoms with Crippen LogP contribution in [0.1, 0.15) is 44.1 Å². The minimum atomic E-state index is 0.504. The molecule has 0 atom stereocenters. The van der Waals surface area contributed by atoms with Gasteiger partial charge in [0.05, 0.1) is 5.69 Å². The number of aromatic nitrogens is 2. The molecule has 1 aromatic heterocycles. The maximum Gasteiger partial charge on any atom is 0.0674 e. The van der Waals surface area contributed by atoms with Crippen molar-refractivity contribution in [3.8, 4) is 11.1 Å². The Bertz CT molecular complexity index is 597. The SMILES string of the molecule is CCCn1nc(C)c(-c2cccc(CNC(C)C)c2)c1C. The van der Waals surface area contributed by atoms with Crippen LogP contribution < -0.4 is 5.32 Å². The topological polar surface area (TPSA) is 29.9 Å². The van der Waals surface area contributed by atoms with Gasteiger partial charge in [-0.2, -0.15) is 5.10 Å². The number of aryl methyl sites for hydroxylation is 2. The van der Waals surface area contributed by atoms with Crippen LogP contribution in [0.4, 0.5) is 0 Å².